The van der Waals surface area contributed by atoms with Crippen LogP contribution in [0.5, 0.6) is 0 Å². The van der Waals surface area contributed by atoms with Crippen LogP contribution in [0, 0.1) is 0 Å². The molecule has 0 saturated carbocycles. The largest absolute Gasteiger partial charge is 0.443 e. The number of aromatic nitrogens is 1. The monoisotopic (exact) mass is 252 g/mol. The van der Waals surface area contributed by atoms with E-state index in [1.807, 2.05) is 30.3 Å². The lowest BCUT2D eigenvalue weighted by Gasteiger charge is -2.05. The quantitative estimate of drug-likeness (QED) is 0.779. The molecule has 0 fully saturated rings. The van der Waals surface area contributed by atoms with E-state index in [-0.39, 0.29) is 5.91 Å². The van der Waals surface area contributed by atoms with Crippen LogP contribution in [-0.4, -0.2) is 10.9 Å². The summed E-state index contributed by atoms with van der Waals surface area (Å²) >= 11 is 0. The van der Waals surface area contributed by atoms with Gasteiger partial charge >= 0.3 is 0 Å². The number of rotatable bonds is 3. The number of carbonyl (C=O) groups is 1. The van der Waals surface area contributed by atoms with E-state index in [1.165, 1.54) is 6.39 Å². The fourth-order valence-corrected chi connectivity index (χ4v) is 1.88. The first-order valence-electron chi connectivity index (χ1n) is 5.98. The summed E-state index contributed by atoms with van der Waals surface area (Å²) < 4.78 is 5.14. The number of amides is 1. The maximum atomic E-state index is 12.0. The molecular formula is C15H12N2O2. The average molecular weight is 252 g/mol. The van der Waals surface area contributed by atoms with Crippen molar-refractivity contribution >= 4 is 17.0 Å². The van der Waals surface area contributed by atoms with Crippen LogP contribution < -0.4 is 5.32 Å². The van der Waals surface area contributed by atoms with Gasteiger partial charge in [-0.2, -0.15) is 0 Å². The first-order chi connectivity index (χ1) is 9.33. The zero-order valence-electron chi connectivity index (χ0n) is 10.2. The smallest absolute Gasteiger partial charge is 0.251 e. The van der Waals surface area contributed by atoms with Gasteiger partial charge in [-0.3, -0.25) is 4.79 Å². The van der Waals surface area contributed by atoms with Gasteiger partial charge in [-0.15, -0.1) is 0 Å². The summed E-state index contributed by atoms with van der Waals surface area (Å²) in [5.74, 6) is -0.117. The van der Waals surface area contributed by atoms with Gasteiger partial charge in [0.2, 0.25) is 0 Å². The van der Waals surface area contributed by atoms with Crippen LogP contribution in [0.15, 0.2) is 59.3 Å². The van der Waals surface area contributed by atoms with E-state index >= 15 is 0 Å². The lowest BCUT2D eigenvalue weighted by Crippen LogP contribution is -2.22. The molecule has 1 heterocycles. The molecule has 0 unspecified atom stereocenters. The molecule has 1 aromatic heterocycles. The van der Waals surface area contributed by atoms with Crippen molar-refractivity contribution in [3.8, 4) is 0 Å². The zero-order valence-corrected chi connectivity index (χ0v) is 10.2. The molecule has 0 aliphatic heterocycles. The third-order valence-electron chi connectivity index (χ3n) is 2.89. The van der Waals surface area contributed by atoms with E-state index in [0.717, 1.165) is 5.56 Å². The van der Waals surface area contributed by atoms with Gasteiger partial charge in [0.25, 0.3) is 5.91 Å². The first-order valence-corrected chi connectivity index (χ1v) is 5.98. The van der Waals surface area contributed by atoms with Gasteiger partial charge in [0.15, 0.2) is 12.0 Å². The Bertz CT molecular complexity index is 704. The van der Waals surface area contributed by atoms with Gasteiger partial charge in [0.1, 0.15) is 5.52 Å². The van der Waals surface area contributed by atoms with E-state index in [2.05, 4.69) is 10.3 Å². The number of nitrogens with zero attached hydrogens (tertiary/aromatic N) is 1. The number of hydrogen-bond acceptors (Lipinski definition) is 3. The second-order valence-corrected chi connectivity index (χ2v) is 4.20. The van der Waals surface area contributed by atoms with Crippen LogP contribution >= 0.6 is 0 Å². The highest BCUT2D eigenvalue weighted by atomic mass is 16.3. The molecule has 0 aliphatic carbocycles. The fourth-order valence-electron chi connectivity index (χ4n) is 1.88. The zero-order chi connectivity index (χ0) is 13.1. The molecule has 19 heavy (non-hydrogen) atoms. The summed E-state index contributed by atoms with van der Waals surface area (Å²) in [4.78, 5) is 16.0. The van der Waals surface area contributed by atoms with E-state index in [4.69, 9.17) is 4.42 Å². The van der Waals surface area contributed by atoms with Crippen molar-refractivity contribution in [1.29, 1.82) is 0 Å². The molecule has 4 nitrogen and oxygen atoms in total. The molecule has 94 valence electrons. The predicted octanol–water partition coefficient (Wildman–Crippen LogP) is 2.76. The molecule has 1 N–H and O–H groups in total. The summed E-state index contributed by atoms with van der Waals surface area (Å²) in [7, 11) is 0. The second kappa shape index (κ2) is 4.94. The Kier molecular flexibility index (Phi) is 2.98. The fraction of sp³-hybridized carbons (Fsp3) is 0.0667. The van der Waals surface area contributed by atoms with Gasteiger partial charge in [0, 0.05) is 12.1 Å². The Balaban J connectivity index is 1.73. The first kappa shape index (κ1) is 11.5. The molecule has 0 radical (unpaired) electrons. The van der Waals surface area contributed by atoms with Gasteiger partial charge in [-0.1, -0.05) is 30.3 Å². The average Bonchev–Trinajstić information content (AvgIpc) is 2.93. The molecule has 3 aromatic rings. The maximum Gasteiger partial charge on any atom is 0.251 e. The SMILES string of the molecule is O=C(NCc1ccccc1)c1ccc2ocnc2c1. The molecule has 2 aromatic carbocycles. The molecule has 1 amide bonds. The highest BCUT2D eigenvalue weighted by molar-refractivity contribution is 5.96. The Morgan fingerprint density at radius 3 is 2.84 bits per heavy atom. The molecule has 0 bridgehead atoms. The Morgan fingerprint density at radius 2 is 2.00 bits per heavy atom. The van der Waals surface area contributed by atoms with Crippen molar-refractivity contribution in [1.82, 2.24) is 10.3 Å². The Morgan fingerprint density at radius 1 is 1.16 bits per heavy atom. The lowest BCUT2D eigenvalue weighted by molar-refractivity contribution is 0.0951. The van der Waals surface area contributed by atoms with Crippen molar-refractivity contribution in [3.05, 3.63) is 66.1 Å². The number of nitrogens with one attached hydrogen (secondary N) is 1. The highest BCUT2D eigenvalue weighted by Crippen LogP contribution is 2.14. The third-order valence-corrected chi connectivity index (χ3v) is 2.89. The van der Waals surface area contributed by atoms with E-state index in [1.54, 1.807) is 18.2 Å². The topological polar surface area (TPSA) is 55.1 Å². The van der Waals surface area contributed by atoms with Gasteiger partial charge in [-0.25, -0.2) is 4.98 Å². The molecule has 4 heteroatoms. The third kappa shape index (κ3) is 2.47. The minimum Gasteiger partial charge on any atom is -0.443 e. The molecule has 0 aliphatic rings. The van der Waals surface area contributed by atoms with Crippen LogP contribution in [0.2, 0.25) is 0 Å². The number of oxazole rings is 1. The molecule has 0 spiro atoms. The van der Waals surface area contributed by atoms with Crippen molar-refractivity contribution in [3.63, 3.8) is 0 Å². The molecule has 0 saturated heterocycles. The predicted molar refractivity (Wildman–Crippen MR) is 71.6 cm³/mol. The van der Waals surface area contributed by atoms with E-state index in [0.29, 0.717) is 23.2 Å². The number of hydrogen-bond donors (Lipinski definition) is 1. The van der Waals surface area contributed by atoms with Crippen molar-refractivity contribution in [2.24, 2.45) is 0 Å². The van der Waals surface area contributed by atoms with Crippen molar-refractivity contribution in [2.75, 3.05) is 0 Å². The minimum absolute atomic E-state index is 0.117. The van der Waals surface area contributed by atoms with E-state index in [9.17, 15) is 4.79 Å². The van der Waals surface area contributed by atoms with Crippen LogP contribution in [-0.2, 0) is 6.54 Å². The second-order valence-electron chi connectivity index (χ2n) is 4.20. The summed E-state index contributed by atoms with van der Waals surface area (Å²) in [6.07, 6.45) is 1.37. The summed E-state index contributed by atoms with van der Waals surface area (Å²) in [5.41, 5.74) is 3.02. The summed E-state index contributed by atoms with van der Waals surface area (Å²) in [5, 5.41) is 2.87. The van der Waals surface area contributed by atoms with Crippen molar-refractivity contribution in [2.45, 2.75) is 6.54 Å². The Labute approximate surface area is 110 Å². The normalized spacial score (nSPS) is 10.5. The van der Waals surface area contributed by atoms with Crippen molar-refractivity contribution < 1.29 is 9.21 Å². The Hall–Kier alpha value is -2.62. The van der Waals surface area contributed by atoms with Crippen LogP contribution in [0.25, 0.3) is 11.1 Å². The summed E-state index contributed by atoms with van der Waals surface area (Å²) in [6.45, 7) is 0.510. The van der Waals surface area contributed by atoms with Gasteiger partial charge in [-0.05, 0) is 23.8 Å². The number of carbonyl (C=O) groups excluding carboxylic acids is 1. The number of fused-ring (bicyclic) bond motifs is 1. The molecular weight excluding hydrogens is 240 g/mol. The minimum atomic E-state index is -0.117. The van der Waals surface area contributed by atoms with Crippen LogP contribution in [0.3, 0.4) is 0 Å². The van der Waals surface area contributed by atoms with Gasteiger partial charge in [0.05, 0.1) is 0 Å². The molecule has 0 atom stereocenters. The van der Waals surface area contributed by atoms with Crippen LogP contribution in [0.1, 0.15) is 15.9 Å². The maximum absolute atomic E-state index is 12.0. The standard InChI is InChI=1S/C15H12N2O2/c18-15(16-9-11-4-2-1-3-5-11)12-6-7-14-13(8-12)17-10-19-14/h1-8,10H,9H2,(H,16,18). The van der Waals surface area contributed by atoms with Crippen LogP contribution in [0.4, 0.5) is 0 Å². The van der Waals surface area contributed by atoms with E-state index < -0.39 is 0 Å². The lowest BCUT2D eigenvalue weighted by atomic mass is 10.2. The number of benzene rings is 2. The van der Waals surface area contributed by atoms with Gasteiger partial charge < -0.3 is 9.73 Å². The molecule has 3 rings (SSSR count). The summed E-state index contributed by atoms with van der Waals surface area (Å²) in [6, 6.07) is 15.0. The highest BCUT2D eigenvalue weighted by Gasteiger charge is 2.07.